The first-order valence-electron chi connectivity index (χ1n) is 5.80. The fourth-order valence-electron chi connectivity index (χ4n) is 1.59. The first kappa shape index (κ1) is 12.5. The van der Waals surface area contributed by atoms with Crippen molar-refractivity contribution in [2.24, 2.45) is 0 Å². The van der Waals surface area contributed by atoms with Crippen LogP contribution in [0.2, 0.25) is 0 Å². The lowest BCUT2D eigenvalue weighted by Crippen LogP contribution is -2.06. The van der Waals surface area contributed by atoms with Gasteiger partial charge in [0.25, 0.3) is 0 Å². The molecule has 0 radical (unpaired) electrons. The summed E-state index contributed by atoms with van der Waals surface area (Å²) < 4.78 is 28.2. The molecule has 3 nitrogen and oxygen atoms in total. The van der Waals surface area contributed by atoms with Gasteiger partial charge in [-0.05, 0) is 32.0 Å². The third-order valence-electron chi connectivity index (χ3n) is 2.60. The molecule has 96 valence electrons. The maximum absolute atomic E-state index is 13.4. The molecular formula is C13H15F2N3. The second-order valence-corrected chi connectivity index (χ2v) is 4.34. The van der Waals surface area contributed by atoms with Crippen LogP contribution in [0.4, 0.5) is 14.5 Å². The van der Waals surface area contributed by atoms with Crippen LogP contribution in [0, 0.1) is 11.6 Å². The number of anilines is 1. The minimum atomic E-state index is -0.860. The molecule has 5 heteroatoms. The third kappa shape index (κ3) is 2.67. The maximum atomic E-state index is 13.4. The zero-order valence-corrected chi connectivity index (χ0v) is 10.3. The lowest BCUT2D eigenvalue weighted by atomic mass is 10.3. The lowest BCUT2D eigenvalue weighted by Gasteiger charge is -2.07. The second-order valence-electron chi connectivity index (χ2n) is 4.34. The van der Waals surface area contributed by atoms with E-state index in [0.717, 1.165) is 11.8 Å². The smallest absolute Gasteiger partial charge is 0.181 e. The Bertz CT molecular complexity index is 535. The zero-order valence-electron chi connectivity index (χ0n) is 10.3. The van der Waals surface area contributed by atoms with Gasteiger partial charge in [0.1, 0.15) is 0 Å². The Hall–Kier alpha value is -1.91. The van der Waals surface area contributed by atoms with E-state index in [2.05, 4.69) is 10.4 Å². The van der Waals surface area contributed by atoms with Crippen molar-refractivity contribution in [3.8, 4) is 0 Å². The molecule has 1 aromatic carbocycles. The van der Waals surface area contributed by atoms with E-state index >= 15 is 0 Å². The predicted molar refractivity (Wildman–Crippen MR) is 66.3 cm³/mol. The molecule has 0 aliphatic carbocycles. The molecule has 18 heavy (non-hydrogen) atoms. The largest absolute Gasteiger partial charge is 0.377 e. The van der Waals surface area contributed by atoms with E-state index < -0.39 is 11.6 Å². The molecule has 0 amide bonds. The fourth-order valence-corrected chi connectivity index (χ4v) is 1.59. The summed E-state index contributed by atoms with van der Waals surface area (Å²) in [6.07, 6.45) is 1.86. The van der Waals surface area contributed by atoms with E-state index in [0.29, 0.717) is 6.54 Å². The molecule has 1 heterocycles. The van der Waals surface area contributed by atoms with E-state index in [-0.39, 0.29) is 11.7 Å². The van der Waals surface area contributed by atoms with Crippen LogP contribution in [0.15, 0.2) is 30.5 Å². The summed E-state index contributed by atoms with van der Waals surface area (Å²) in [5.41, 5.74) is 0.932. The van der Waals surface area contributed by atoms with Gasteiger partial charge in [-0.2, -0.15) is 5.10 Å². The fraction of sp³-hybridized carbons (Fsp3) is 0.308. The van der Waals surface area contributed by atoms with Gasteiger partial charge in [0, 0.05) is 12.2 Å². The SMILES string of the molecule is CC(C)n1ccc(CNc2cccc(F)c2F)n1. The van der Waals surface area contributed by atoms with Crippen molar-refractivity contribution in [3.63, 3.8) is 0 Å². The molecule has 0 spiro atoms. The van der Waals surface area contributed by atoms with Gasteiger partial charge in [-0.15, -0.1) is 0 Å². The molecule has 2 aromatic rings. The predicted octanol–water partition coefficient (Wildman–Crippen LogP) is 3.35. The molecule has 0 aliphatic rings. The number of hydrogen-bond donors (Lipinski definition) is 1. The van der Waals surface area contributed by atoms with Gasteiger partial charge in [0.2, 0.25) is 0 Å². The van der Waals surface area contributed by atoms with Crippen molar-refractivity contribution < 1.29 is 8.78 Å². The number of nitrogens with zero attached hydrogens (tertiary/aromatic N) is 2. The van der Waals surface area contributed by atoms with Crippen LogP contribution in [-0.2, 0) is 6.54 Å². The molecule has 0 saturated carbocycles. The molecule has 0 aliphatic heterocycles. The molecule has 0 atom stereocenters. The third-order valence-corrected chi connectivity index (χ3v) is 2.60. The van der Waals surface area contributed by atoms with Gasteiger partial charge >= 0.3 is 0 Å². The topological polar surface area (TPSA) is 29.9 Å². The van der Waals surface area contributed by atoms with Crippen LogP contribution in [0.1, 0.15) is 25.6 Å². The molecular weight excluding hydrogens is 236 g/mol. The first-order valence-corrected chi connectivity index (χ1v) is 5.80. The highest BCUT2D eigenvalue weighted by Crippen LogP contribution is 2.17. The lowest BCUT2D eigenvalue weighted by molar-refractivity contribution is 0.510. The van der Waals surface area contributed by atoms with Crippen molar-refractivity contribution in [3.05, 3.63) is 47.8 Å². The molecule has 0 bridgehead atoms. The van der Waals surface area contributed by atoms with E-state index in [4.69, 9.17) is 0 Å². The van der Waals surface area contributed by atoms with E-state index in [9.17, 15) is 8.78 Å². The molecule has 0 unspecified atom stereocenters. The summed E-state index contributed by atoms with van der Waals surface area (Å²) in [7, 11) is 0. The average molecular weight is 251 g/mol. The summed E-state index contributed by atoms with van der Waals surface area (Å²) >= 11 is 0. The standard InChI is InChI=1S/C13H15F2N3/c1-9(2)18-7-6-10(17-18)8-16-12-5-3-4-11(14)13(12)15/h3-7,9,16H,8H2,1-2H3. The van der Waals surface area contributed by atoms with Crippen LogP contribution in [0.3, 0.4) is 0 Å². The van der Waals surface area contributed by atoms with E-state index in [1.165, 1.54) is 12.1 Å². The van der Waals surface area contributed by atoms with E-state index in [1.807, 2.05) is 30.8 Å². The number of halogens is 2. The summed E-state index contributed by atoms with van der Waals surface area (Å²) in [4.78, 5) is 0. The minimum absolute atomic E-state index is 0.147. The Balaban J connectivity index is 2.04. The van der Waals surface area contributed by atoms with Crippen molar-refractivity contribution in [2.75, 3.05) is 5.32 Å². The molecule has 1 N–H and O–H groups in total. The van der Waals surface area contributed by atoms with Crippen molar-refractivity contribution in [2.45, 2.75) is 26.4 Å². The summed E-state index contributed by atoms with van der Waals surface area (Å²) in [6.45, 7) is 4.41. The van der Waals surface area contributed by atoms with E-state index in [1.54, 1.807) is 0 Å². The number of aromatic nitrogens is 2. The zero-order chi connectivity index (χ0) is 13.1. The van der Waals surface area contributed by atoms with Crippen LogP contribution in [0.5, 0.6) is 0 Å². The number of nitrogens with one attached hydrogen (secondary N) is 1. The average Bonchev–Trinajstić information content (AvgIpc) is 2.80. The maximum Gasteiger partial charge on any atom is 0.181 e. The van der Waals surface area contributed by atoms with Crippen LogP contribution in [-0.4, -0.2) is 9.78 Å². The molecule has 2 rings (SSSR count). The number of benzene rings is 1. The van der Waals surface area contributed by atoms with Crippen molar-refractivity contribution in [1.82, 2.24) is 9.78 Å². The monoisotopic (exact) mass is 251 g/mol. The van der Waals surface area contributed by atoms with Gasteiger partial charge in [0.05, 0.1) is 17.9 Å². The molecule has 1 aromatic heterocycles. The Morgan fingerprint density at radius 2 is 2.06 bits per heavy atom. The van der Waals surface area contributed by atoms with Crippen LogP contribution in [0.25, 0.3) is 0 Å². The number of hydrogen-bond acceptors (Lipinski definition) is 2. The second kappa shape index (κ2) is 5.16. The van der Waals surface area contributed by atoms with Gasteiger partial charge < -0.3 is 5.32 Å². The highest BCUT2D eigenvalue weighted by atomic mass is 19.2. The normalized spacial score (nSPS) is 10.9. The Labute approximate surface area is 104 Å². The summed E-state index contributed by atoms with van der Waals surface area (Å²) in [6, 6.07) is 6.19. The highest BCUT2D eigenvalue weighted by Gasteiger charge is 2.08. The number of rotatable bonds is 4. The summed E-state index contributed by atoms with van der Waals surface area (Å²) in [5, 5.41) is 7.15. The van der Waals surface area contributed by atoms with Gasteiger partial charge in [-0.25, -0.2) is 8.78 Å². The van der Waals surface area contributed by atoms with Gasteiger partial charge in [-0.3, -0.25) is 4.68 Å². The van der Waals surface area contributed by atoms with Crippen LogP contribution >= 0.6 is 0 Å². The Morgan fingerprint density at radius 3 is 2.72 bits per heavy atom. The van der Waals surface area contributed by atoms with Gasteiger partial charge in [-0.1, -0.05) is 6.07 Å². The van der Waals surface area contributed by atoms with Crippen molar-refractivity contribution in [1.29, 1.82) is 0 Å². The molecule has 0 saturated heterocycles. The first-order chi connectivity index (χ1) is 8.58. The Kier molecular flexibility index (Phi) is 3.60. The van der Waals surface area contributed by atoms with Crippen molar-refractivity contribution >= 4 is 5.69 Å². The minimum Gasteiger partial charge on any atom is -0.377 e. The van der Waals surface area contributed by atoms with Crippen LogP contribution < -0.4 is 5.32 Å². The Morgan fingerprint density at radius 1 is 1.28 bits per heavy atom. The highest BCUT2D eigenvalue weighted by molar-refractivity contribution is 5.45. The quantitative estimate of drug-likeness (QED) is 0.903. The van der Waals surface area contributed by atoms with Gasteiger partial charge in [0.15, 0.2) is 11.6 Å². The molecule has 0 fully saturated rings. The summed E-state index contributed by atoms with van der Waals surface area (Å²) in [5.74, 6) is -1.71.